The number of fused-ring (bicyclic) bond motifs is 1. The van der Waals surface area contributed by atoms with Gasteiger partial charge in [0, 0.05) is 17.1 Å². The number of carbonyl (C=O) groups excluding carboxylic acids is 1. The minimum absolute atomic E-state index is 0.403. The Bertz CT molecular complexity index is 557. The third kappa shape index (κ3) is 1.52. The van der Waals surface area contributed by atoms with E-state index in [1.165, 1.54) is 13.3 Å². The molecule has 2 rings (SSSR count). The van der Waals surface area contributed by atoms with E-state index in [-0.39, 0.29) is 0 Å². The number of aromatic nitrogens is 1. The summed E-state index contributed by atoms with van der Waals surface area (Å²) < 4.78 is 4.67. The van der Waals surface area contributed by atoms with Crippen molar-refractivity contribution in [1.82, 2.24) is 4.98 Å². The Balaban J connectivity index is 2.66. The largest absolute Gasteiger partial charge is 0.465 e. The minimum atomic E-state index is -0.403. The van der Waals surface area contributed by atoms with Gasteiger partial charge in [0.05, 0.1) is 24.4 Å². The molecule has 1 heterocycles. The maximum absolute atomic E-state index is 11.5. The summed E-state index contributed by atoms with van der Waals surface area (Å²) in [5.41, 5.74) is 1.84. The third-order valence-electron chi connectivity index (χ3n) is 2.35. The zero-order chi connectivity index (χ0) is 11.5. The number of H-pyrrole nitrogens is 1. The highest BCUT2D eigenvalue weighted by molar-refractivity contribution is 6.08. The number of esters is 1. The van der Waals surface area contributed by atoms with E-state index in [4.69, 9.17) is 5.21 Å². The molecule has 0 bridgehead atoms. The van der Waals surface area contributed by atoms with Crippen molar-refractivity contribution in [3.05, 3.63) is 35.5 Å². The van der Waals surface area contributed by atoms with Gasteiger partial charge in [0.1, 0.15) is 0 Å². The van der Waals surface area contributed by atoms with Crippen molar-refractivity contribution >= 4 is 23.1 Å². The van der Waals surface area contributed by atoms with Crippen molar-refractivity contribution in [3.8, 4) is 0 Å². The van der Waals surface area contributed by atoms with Gasteiger partial charge in [0.25, 0.3) is 0 Å². The Labute approximate surface area is 91.3 Å². The van der Waals surface area contributed by atoms with Crippen LogP contribution < -0.4 is 0 Å². The summed E-state index contributed by atoms with van der Waals surface area (Å²) in [4.78, 5) is 14.4. The van der Waals surface area contributed by atoms with Gasteiger partial charge in [0.2, 0.25) is 0 Å². The van der Waals surface area contributed by atoms with E-state index in [1.54, 1.807) is 18.3 Å². The Hall–Kier alpha value is -2.30. The van der Waals surface area contributed by atoms with Crippen LogP contribution in [0.5, 0.6) is 0 Å². The number of hydrogen-bond donors (Lipinski definition) is 2. The molecule has 1 aromatic heterocycles. The van der Waals surface area contributed by atoms with Gasteiger partial charge < -0.3 is 14.9 Å². The molecule has 0 saturated heterocycles. The molecule has 2 N–H and O–H groups in total. The number of oxime groups is 1. The molecule has 5 nitrogen and oxygen atoms in total. The van der Waals surface area contributed by atoms with E-state index >= 15 is 0 Å². The number of rotatable bonds is 2. The second kappa shape index (κ2) is 4.06. The monoisotopic (exact) mass is 218 g/mol. The molecule has 0 radical (unpaired) electrons. The van der Waals surface area contributed by atoms with Crippen LogP contribution in [0.15, 0.2) is 29.6 Å². The first-order chi connectivity index (χ1) is 7.77. The first-order valence-electron chi connectivity index (χ1n) is 4.63. The lowest BCUT2D eigenvalue weighted by Gasteiger charge is -2.00. The van der Waals surface area contributed by atoms with E-state index in [0.29, 0.717) is 16.6 Å². The fourth-order valence-corrected chi connectivity index (χ4v) is 1.63. The van der Waals surface area contributed by atoms with Crippen molar-refractivity contribution in [2.24, 2.45) is 5.16 Å². The zero-order valence-corrected chi connectivity index (χ0v) is 8.60. The van der Waals surface area contributed by atoms with Crippen LogP contribution in [0.2, 0.25) is 0 Å². The Morgan fingerprint density at radius 1 is 1.56 bits per heavy atom. The summed E-state index contributed by atoms with van der Waals surface area (Å²) >= 11 is 0. The van der Waals surface area contributed by atoms with Gasteiger partial charge in [-0.25, -0.2) is 4.79 Å². The van der Waals surface area contributed by atoms with Gasteiger partial charge in [-0.1, -0.05) is 17.3 Å². The predicted molar refractivity (Wildman–Crippen MR) is 59.0 cm³/mol. The molecule has 0 atom stereocenters. The van der Waals surface area contributed by atoms with E-state index in [1.807, 2.05) is 6.07 Å². The molecule has 0 saturated carbocycles. The number of benzene rings is 1. The van der Waals surface area contributed by atoms with Crippen LogP contribution in [0.1, 0.15) is 15.9 Å². The van der Waals surface area contributed by atoms with Crippen LogP contribution in [0, 0.1) is 0 Å². The molecule has 1 aromatic carbocycles. The highest BCUT2D eigenvalue weighted by atomic mass is 16.5. The Kier molecular flexibility index (Phi) is 2.59. The van der Waals surface area contributed by atoms with Crippen LogP contribution >= 0.6 is 0 Å². The van der Waals surface area contributed by atoms with E-state index in [0.717, 1.165) is 5.39 Å². The second-order valence-corrected chi connectivity index (χ2v) is 3.21. The highest BCUT2D eigenvalue weighted by Gasteiger charge is 2.12. The molecule has 0 aliphatic rings. The number of nitrogens with one attached hydrogen (secondary N) is 1. The summed E-state index contributed by atoms with van der Waals surface area (Å²) in [6.07, 6.45) is 2.97. The normalized spacial score (nSPS) is 11.1. The number of hydrogen-bond acceptors (Lipinski definition) is 4. The molecule has 16 heavy (non-hydrogen) atoms. The van der Waals surface area contributed by atoms with Crippen molar-refractivity contribution in [1.29, 1.82) is 0 Å². The van der Waals surface area contributed by atoms with Gasteiger partial charge in [-0.05, 0) is 6.07 Å². The standard InChI is InChI=1S/C11H10N2O3/c1-16-11(14)9-4-2-3-8-7(6-13-15)5-12-10(8)9/h2-6,12,15H,1H3/b13-6-. The summed E-state index contributed by atoms with van der Waals surface area (Å²) in [6.45, 7) is 0. The molecule has 0 spiro atoms. The number of aromatic amines is 1. The molecule has 0 amide bonds. The fraction of sp³-hybridized carbons (Fsp3) is 0.0909. The van der Waals surface area contributed by atoms with Crippen LogP contribution in [0.4, 0.5) is 0 Å². The van der Waals surface area contributed by atoms with Crippen molar-refractivity contribution in [2.75, 3.05) is 7.11 Å². The minimum Gasteiger partial charge on any atom is -0.465 e. The van der Waals surface area contributed by atoms with Crippen molar-refractivity contribution in [3.63, 3.8) is 0 Å². The first kappa shape index (κ1) is 10.2. The molecule has 0 aliphatic heterocycles. The number of ether oxygens (including phenoxy) is 1. The maximum atomic E-state index is 11.5. The molecule has 82 valence electrons. The lowest BCUT2D eigenvalue weighted by atomic mass is 10.1. The average molecular weight is 218 g/mol. The SMILES string of the molecule is COC(=O)c1cccc2c(/C=N\O)c[nH]c12. The van der Waals surface area contributed by atoms with E-state index in [2.05, 4.69) is 14.9 Å². The number of para-hydroxylation sites is 1. The molecular formula is C11H10N2O3. The summed E-state index contributed by atoms with van der Waals surface area (Å²) in [6, 6.07) is 5.25. The van der Waals surface area contributed by atoms with Gasteiger partial charge in [-0.2, -0.15) is 0 Å². The lowest BCUT2D eigenvalue weighted by molar-refractivity contribution is 0.0603. The predicted octanol–water partition coefficient (Wildman–Crippen LogP) is 1.76. The molecule has 0 fully saturated rings. The maximum Gasteiger partial charge on any atom is 0.339 e. The molecule has 0 aliphatic carbocycles. The van der Waals surface area contributed by atoms with E-state index in [9.17, 15) is 4.79 Å². The first-order valence-corrected chi connectivity index (χ1v) is 4.63. The van der Waals surface area contributed by atoms with Crippen LogP contribution in [-0.2, 0) is 4.74 Å². The molecule has 2 aromatic rings. The van der Waals surface area contributed by atoms with Crippen LogP contribution in [-0.4, -0.2) is 29.5 Å². The smallest absolute Gasteiger partial charge is 0.339 e. The Morgan fingerprint density at radius 3 is 3.06 bits per heavy atom. The third-order valence-corrected chi connectivity index (χ3v) is 2.35. The average Bonchev–Trinajstić information content (AvgIpc) is 2.72. The molecule has 0 unspecified atom stereocenters. The summed E-state index contributed by atoms with van der Waals surface area (Å²) in [7, 11) is 1.33. The van der Waals surface area contributed by atoms with E-state index < -0.39 is 5.97 Å². The van der Waals surface area contributed by atoms with Gasteiger partial charge in [-0.15, -0.1) is 0 Å². The second-order valence-electron chi connectivity index (χ2n) is 3.21. The number of methoxy groups -OCH3 is 1. The lowest BCUT2D eigenvalue weighted by Crippen LogP contribution is -2.01. The quantitative estimate of drug-likeness (QED) is 0.349. The fourth-order valence-electron chi connectivity index (χ4n) is 1.63. The Morgan fingerprint density at radius 2 is 2.38 bits per heavy atom. The van der Waals surface area contributed by atoms with Gasteiger partial charge in [0.15, 0.2) is 0 Å². The van der Waals surface area contributed by atoms with Crippen molar-refractivity contribution < 1.29 is 14.7 Å². The summed E-state index contributed by atoms with van der Waals surface area (Å²) in [5, 5.41) is 12.3. The summed E-state index contributed by atoms with van der Waals surface area (Å²) in [5.74, 6) is -0.403. The van der Waals surface area contributed by atoms with Crippen molar-refractivity contribution in [2.45, 2.75) is 0 Å². The van der Waals surface area contributed by atoms with Gasteiger partial charge in [-0.3, -0.25) is 0 Å². The highest BCUT2D eigenvalue weighted by Crippen LogP contribution is 2.21. The number of carbonyl (C=O) groups is 1. The van der Waals surface area contributed by atoms with Crippen LogP contribution in [0.25, 0.3) is 10.9 Å². The zero-order valence-electron chi connectivity index (χ0n) is 8.60. The topological polar surface area (TPSA) is 74.7 Å². The molecule has 5 heteroatoms. The molecular weight excluding hydrogens is 208 g/mol. The van der Waals surface area contributed by atoms with Gasteiger partial charge >= 0.3 is 5.97 Å². The van der Waals surface area contributed by atoms with Crippen LogP contribution in [0.3, 0.4) is 0 Å². The number of nitrogens with zero attached hydrogens (tertiary/aromatic N) is 1.